The van der Waals surface area contributed by atoms with E-state index in [0.29, 0.717) is 12.8 Å². The highest BCUT2D eigenvalue weighted by Crippen LogP contribution is 2.43. The molecule has 0 spiro atoms. The molecule has 0 aliphatic heterocycles. The molecule has 66 heavy (non-hydrogen) atoms. The van der Waals surface area contributed by atoms with Crippen molar-refractivity contribution in [2.24, 2.45) is 5.73 Å². The maximum atomic E-state index is 12.7. The third-order valence-electron chi connectivity index (χ3n) is 10.3. The first-order valence-corrected chi connectivity index (χ1v) is 26.8. The van der Waals surface area contributed by atoms with Gasteiger partial charge in [0, 0.05) is 12.8 Å². The van der Waals surface area contributed by atoms with Gasteiger partial charge in [0.1, 0.15) is 12.6 Å². The van der Waals surface area contributed by atoms with Crippen LogP contribution in [-0.4, -0.2) is 59.9 Å². The van der Waals surface area contributed by atoms with Crippen LogP contribution in [0.1, 0.15) is 194 Å². The minimum absolute atomic E-state index is 0.147. The Morgan fingerprint density at radius 3 is 1.20 bits per heavy atom. The number of phosphoric ester groups is 1. The Hall–Kier alpha value is -3.60. The number of carboxylic acids is 1. The van der Waals surface area contributed by atoms with Crippen molar-refractivity contribution in [3.8, 4) is 0 Å². The highest BCUT2D eigenvalue weighted by atomic mass is 31.2. The van der Waals surface area contributed by atoms with Crippen LogP contribution >= 0.6 is 7.82 Å². The third kappa shape index (κ3) is 46.9. The van der Waals surface area contributed by atoms with Crippen molar-refractivity contribution >= 4 is 25.7 Å². The van der Waals surface area contributed by atoms with Crippen LogP contribution in [0.2, 0.25) is 0 Å². The molecule has 0 aliphatic rings. The Bertz CT molecular complexity index is 1480. The van der Waals surface area contributed by atoms with E-state index in [0.717, 1.165) is 116 Å². The number of esters is 2. The molecule has 0 bridgehead atoms. The minimum Gasteiger partial charge on any atom is -0.480 e. The summed E-state index contributed by atoms with van der Waals surface area (Å²) in [6.07, 6.45) is 61.8. The molecule has 0 fully saturated rings. The topological polar surface area (TPSA) is 172 Å². The van der Waals surface area contributed by atoms with Gasteiger partial charge in [0.15, 0.2) is 6.10 Å². The molecular formula is C54H90NO10P. The fraction of sp³-hybridized carbons (Fsp3) is 0.648. The largest absolute Gasteiger partial charge is 0.480 e. The summed E-state index contributed by atoms with van der Waals surface area (Å²) in [6, 6.07) is -1.53. The summed E-state index contributed by atoms with van der Waals surface area (Å²) in [6.45, 7) is 2.57. The lowest BCUT2D eigenvalue weighted by atomic mass is 10.0. The number of nitrogens with two attached hydrogens (primary N) is 1. The number of ether oxygens (including phenoxy) is 2. The molecule has 0 saturated heterocycles. The van der Waals surface area contributed by atoms with E-state index < -0.39 is 51.1 Å². The predicted molar refractivity (Wildman–Crippen MR) is 272 cm³/mol. The van der Waals surface area contributed by atoms with Crippen molar-refractivity contribution in [3.63, 3.8) is 0 Å². The molecule has 0 heterocycles. The Balaban J connectivity index is 4.30. The molecule has 4 N–H and O–H groups in total. The molecule has 0 aromatic rings. The second-order valence-electron chi connectivity index (χ2n) is 16.5. The number of hydrogen-bond acceptors (Lipinski definition) is 9. The zero-order valence-corrected chi connectivity index (χ0v) is 41.9. The smallest absolute Gasteiger partial charge is 0.472 e. The molecular weight excluding hydrogens is 854 g/mol. The van der Waals surface area contributed by atoms with E-state index in [9.17, 15) is 23.8 Å². The molecule has 0 aromatic heterocycles. The van der Waals surface area contributed by atoms with Gasteiger partial charge in [0.2, 0.25) is 0 Å². The summed E-state index contributed by atoms with van der Waals surface area (Å²) in [5.41, 5.74) is 5.35. The molecule has 3 atom stereocenters. The first-order chi connectivity index (χ1) is 32.1. The molecule has 0 rings (SSSR count). The van der Waals surface area contributed by atoms with Crippen LogP contribution in [0, 0.1) is 0 Å². The zero-order chi connectivity index (χ0) is 48.4. The average Bonchev–Trinajstić information content (AvgIpc) is 3.30. The van der Waals surface area contributed by atoms with Gasteiger partial charge < -0.3 is 25.2 Å². The SMILES string of the molecule is CC/C=C\C/C=C\C/C=C\C/C=C\CCCCCCCCCCCCC(=O)OC(COC(=O)CCCCCCCC/C=C\C/C=C\C/C=C\C/C=C\CC)COP(=O)(O)OCC(N)C(=O)O. The van der Waals surface area contributed by atoms with Crippen molar-refractivity contribution in [2.45, 2.75) is 206 Å². The monoisotopic (exact) mass is 944 g/mol. The van der Waals surface area contributed by atoms with Crippen molar-refractivity contribution in [1.82, 2.24) is 0 Å². The molecule has 12 heteroatoms. The van der Waals surface area contributed by atoms with Gasteiger partial charge in [-0.3, -0.25) is 23.4 Å². The van der Waals surface area contributed by atoms with Crippen molar-refractivity contribution in [1.29, 1.82) is 0 Å². The molecule has 0 radical (unpaired) electrons. The van der Waals surface area contributed by atoms with Gasteiger partial charge in [-0.2, -0.15) is 0 Å². The van der Waals surface area contributed by atoms with Crippen LogP contribution in [0.3, 0.4) is 0 Å². The maximum Gasteiger partial charge on any atom is 0.472 e. The van der Waals surface area contributed by atoms with E-state index in [1.165, 1.54) is 38.5 Å². The zero-order valence-electron chi connectivity index (χ0n) is 41.0. The van der Waals surface area contributed by atoms with E-state index >= 15 is 0 Å². The van der Waals surface area contributed by atoms with Gasteiger partial charge in [0.05, 0.1) is 13.2 Å². The van der Waals surface area contributed by atoms with Crippen LogP contribution in [0.4, 0.5) is 0 Å². The summed E-state index contributed by atoms with van der Waals surface area (Å²) in [5, 5.41) is 8.92. The second-order valence-corrected chi connectivity index (χ2v) is 18.0. The number of rotatable bonds is 46. The predicted octanol–water partition coefficient (Wildman–Crippen LogP) is 14.4. The van der Waals surface area contributed by atoms with Crippen molar-refractivity contribution in [3.05, 3.63) is 97.2 Å². The highest BCUT2D eigenvalue weighted by Gasteiger charge is 2.28. The van der Waals surface area contributed by atoms with Gasteiger partial charge in [-0.1, -0.05) is 188 Å². The summed E-state index contributed by atoms with van der Waals surface area (Å²) in [7, 11) is -4.73. The number of allylic oxidation sites excluding steroid dienone is 16. The number of carbonyl (C=O) groups is 3. The molecule has 11 nitrogen and oxygen atoms in total. The summed E-state index contributed by atoms with van der Waals surface area (Å²) in [5.74, 6) is -2.41. The van der Waals surface area contributed by atoms with E-state index in [1.807, 2.05) is 0 Å². The Morgan fingerprint density at radius 2 is 0.803 bits per heavy atom. The second kappa shape index (κ2) is 47.9. The molecule has 376 valence electrons. The number of unbranched alkanes of at least 4 members (excludes halogenated alkanes) is 16. The molecule has 3 unspecified atom stereocenters. The number of hydrogen-bond donors (Lipinski definition) is 3. The van der Waals surface area contributed by atoms with Gasteiger partial charge in [-0.15, -0.1) is 0 Å². The normalized spacial score (nSPS) is 14.4. The van der Waals surface area contributed by atoms with Gasteiger partial charge in [-0.25, -0.2) is 4.57 Å². The lowest BCUT2D eigenvalue weighted by Crippen LogP contribution is -2.34. The van der Waals surface area contributed by atoms with Crippen LogP contribution < -0.4 is 5.73 Å². The summed E-state index contributed by atoms with van der Waals surface area (Å²) in [4.78, 5) is 46.2. The average molecular weight is 944 g/mol. The fourth-order valence-corrected chi connectivity index (χ4v) is 7.24. The van der Waals surface area contributed by atoms with Crippen molar-refractivity contribution < 1.29 is 47.5 Å². The van der Waals surface area contributed by atoms with Crippen LogP contribution in [0.25, 0.3) is 0 Å². The lowest BCUT2D eigenvalue weighted by molar-refractivity contribution is -0.161. The first kappa shape index (κ1) is 62.4. The number of carboxylic acid groups (broad SMARTS) is 1. The van der Waals surface area contributed by atoms with E-state index in [1.54, 1.807) is 0 Å². The minimum atomic E-state index is -4.73. The van der Waals surface area contributed by atoms with Crippen LogP contribution in [-0.2, 0) is 37.5 Å². The number of phosphoric acid groups is 1. The number of aliphatic carboxylic acids is 1. The van der Waals surface area contributed by atoms with Crippen LogP contribution in [0.15, 0.2) is 97.2 Å². The van der Waals surface area contributed by atoms with Gasteiger partial charge in [0.25, 0.3) is 0 Å². The molecule has 0 saturated carbocycles. The quantitative estimate of drug-likeness (QED) is 0.0229. The molecule has 0 aliphatic carbocycles. The highest BCUT2D eigenvalue weighted by molar-refractivity contribution is 7.47. The first-order valence-electron chi connectivity index (χ1n) is 25.3. The Morgan fingerprint density at radius 1 is 0.470 bits per heavy atom. The van der Waals surface area contributed by atoms with Crippen molar-refractivity contribution in [2.75, 3.05) is 19.8 Å². The Kier molecular flexibility index (Phi) is 45.3. The summed E-state index contributed by atoms with van der Waals surface area (Å²) >= 11 is 0. The summed E-state index contributed by atoms with van der Waals surface area (Å²) < 4.78 is 32.8. The Labute approximate surface area is 400 Å². The third-order valence-corrected chi connectivity index (χ3v) is 11.3. The van der Waals surface area contributed by atoms with E-state index in [4.69, 9.17) is 24.8 Å². The maximum absolute atomic E-state index is 12.7. The van der Waals surface area contributed by atoms with Gasteiger partial charge >= 0.3 is 25.7 Å². The molecule has 0 amide bonds. The number of carbonyl (C=O) groups excluding carboxylic acids is 2. The lowest BCUT2D eigenvalue weighted by Gasteiger charge is -2.20. The standard InChI is InChI=1S/C54H90NO10P/c1-3-5-7-9-11-13-15-17-19-21-23-24-25-26-28-30-32-34-36-38-40-42-44-46-53(57)65-50(48-63-66(60,61)64-49-51(55)54(58)59)47-62-52(56)45-43-41-39-37-35-33-31-29-27-22-20-18-16-14-12-10-8-6-4-2/h5-8,11-14,17-20,23-24,27,29,50-51H,3-4,9-10,15-16,21-22,25-26,28,30-49,55H2,1-2H3,(H,58,59)(H,60,61)/b7-5-,8-6-,13-11-,14-12-,19-17-,20-18-,24-23-,29-27-. The van der Waals surface area contributed by atoms with E-state index in [2.05, 4.69) is 116 Å². The van der Waals surface area contributed by atoms with Crippen LogP contribution in [0.5, 0.6) is 0 Å². The van der Waals surface area contributed by atoms with E-state index in [-0.39, 0.29) is 19.4 Å². The molecule has 0 aromatic carbocycles. The van der Waals surface area contributed by atoms with Gasteiger partial charge in [-0.05, 0) is 89.9 Å². The fourth-order valence-electron chi connectivity index (χ4n) is 6.46.